The zero-order valence-corrected chi connectivity index (χ0v) is 11.6. The summed E-state index contributed by atoms with van der Waals surface area (Å²) in [7, 11) is 0. The highest BCUT2D eigenvalue weighted by Gasteiger charge is 2.33. The number of morpholine rings is 1. The summed E-state index contributed by atoms with van der Waals surface area (Å²) in [5, 5.41) is 0. The van der Waals surface area contributed by atoms with Crippen molar-refractivity contribution in [3.63, 3.8) is 0 Å². The summed E-state index contributed by atoms with van der Waals surface area (Å²) < 4.78 is 44.2. The Bertz CT molecular complexity index is 466. The van der Waals surface area contributed by atoms with Gasteiger partial charge in [-0.1, -0.05) is 0 Å². The summed E-state index contributed by atoms with van der Waals surface area (Å²) in [4.78, 5) is 2.04. The highest BCUT2D eigenvalue weighted by atomic mass is 19.4. The van der Waals surface area contributed by atoms with E-state index in [9.17, 15) is 13.2 Å². The van der Waals surface area contributed by atoms with Gasteiger partial charge in [0.25, 0.3) is 0 Å². The van der Waals surface area contributed by atoms with Crippen LogP contribution in [-0.4, -0.2) is 25.3 Å². The number of rotatable bonds is 2. The first kappa shape index (κ1) is 15.1. The van der Waals surface area contributed by atoms with Crippen molar-refractivity contribution in [2.24, 2.45) is 5.73 Å². The van der Waals surface area contributed by atoms with Crippen LogP contribution in [0.5, 0.6) is 0 Å². The lowest BCUT2D eigenvalue weighted by atomic mass is 10.0. The van der Waals surface area contributed by atoms with Crippen LogP contribution in [0.25, 0.3) is 0 Å². The first-order valence-corrected chi connectivity index (χ1v) is 6.62. The molecule has 0 spiro atoms. The molecule has 0 unspecified atom stereocenters. The van der Waals surface area contributed by atoms with Crippen LogP contribution in [-0.2, 0) is 17.5 Å². The SMILES string of the molecule is C[C@@H]1CN(c2ccc(C(F)(F)F)c(CN)c2)C[C@H](C)O1. The molecule has 2 rings (SSSR count). The summed E-state index contributed by atoms with van der Waals surface area (Å²) in [6.07, 6.45) is -4.25. The van der Waals surface area contributed by atoms with E-state index in [1.165, 1.54) is 12.1 Å². The second-order valence-corrected chi connectivity index (χ2v) is 5.21. The van der Waals surface area contributed by atoms with E-state index in [0.717, 1.165) is 11.8 Å². The number of benzene rings is 1. The zero-order chi connectivity index (χ0) is 14.9. The van der Waals surface area contributed by atoms with Gasteiger partial charge in [0.2, 0.25) is 0 Å². The van der Waals surface area contributed by atoms with Gasteiger partial charge in [0.1, 0.15) is 0 Å². The van der Waals surface area contributed by atoms with E-state index < -0.39 is 11.7 Å². The van der Waals surface area contributed by atoms with Gasteiger partial charge >= 0.3 is 6.18 Å². The molecule has 6 heteroatoms. The van der Waals surface area contributed by atoms with Gasteiger partial charge in [-0.25, -0.2) is 0 Å². The standard InChI is InChI=1S/C14H19F3N2O/c1-9-7-19(8-10(2)20-9)12-3-4-13(14(15,16)17)11(5-12)6-18/h3-5,9-10H,6-8,18H2,1-2H3/t9-,10+. The van der Waals surface area contributed by atoms with E-state index in [4.69, 9.17) is 10.5 Å². The Kier molecular flexibility index (Phi) is 4.25. The Morgan fingerprint density at radius 2 is 1.85 bits per heavy atom. The fourth-order valence-electron chi connectivity index (χ4n) is 2.61. The highest BCUT2D eigenvalue weighted by molar-refractivity contribution is 5.52. The topological polar surface area (TPSA) is 38.5 Å². The average Bonchev–Trinajstić information content (AvgIpc) is 2.35. The summed E-state index contributed by atoms with van der Waals surface area (Å²) >= 11 is 0. The molecule has 0 bridgehead atoms. The smallest absolute Gasteiger partial charge is 0.372 e. The fourth-order valence-corrected chi connectivity index (χ4v) is 2.61. The third-order valence-corrected chi connectivity index (χ3v) is 3.40. The molecule has 1 aliphatic rings. The molecule has 0 saturated carbocycles. The molecule has 0 radical (unpaired) electrons. The van der Waals surface area contributed by atoms with E-state index in [-0.39, 0.29) is 24.3 Å². The summed E-state index contributed by atoms with van der Waals surface area (Å²) in [6.45, 7) is 5.12. The summed E-state index contributed by atoms with van der Waals surface area (Å²) in [5.41, 5.74) is 5.69. The maximum atomic E-state index is 12.8. The van der Waals surface area contributed by atoms with Crippen LogP contribution in [0.1, 0.15) is 25.0 Å². The molecular weight excluding hydrogens is 269 g/mol. The third-order valence-electron chi connectivity index (χ3n) is 3.40. The fraction of sp³-hybridized carbons (Fsp3) is 0.571. The van der Waals surface area contributed by atoms with E-state index in [0.29, 0.717) is 13.1 Å². The van der Waals surface area contributed by atoms with E-state index >= 15 is 0 Å². The molecule has 0 aromatic heterocycles. The molecule has 1 aromatic carbocycles. The molecule has 1 saturated heterocycles. The van der Waals surface area contributed by atoms with Gasteiger partial charge in [-0.2, -0.15) is 13.2 Å². The van der Waals surface area contributed by atoms with Crippen molar-refractivity contribution in [2.75, 3.05) is 18.0 Å². The Labute approximate surface area is 116 Å². The van der Waals surface area contributed by atoms with Crippen LogP contribution in [0.2, 0.25) is 0 Å². The van der Waals surface area contributed by atoms with Crippen LogP contribution in [0.3, 0.4) is 0 Å². The monoisotopic (exact) mass is 288 g/mol. The third kappa shape index (κ3) is 3.24. The normalized spacial score (nSPS) is 24.0. The van der Waals surface area contributed by atoms with Gasteiger partial charge in [-0.05, 0) is 37.6 Å². The lowest BCUT2D eigenvalue weighted by Gasteiger charge is -2.37. The molecule has 2 N–H and O–H groups in total. The lowest BCUT2D eigenvalue weighted by molar-refractivity contribution is -0.138. The predicted octanol–water partition coefficient (Wildman–Crippen LogP) is 2.78. The Balaban J connectivity index is 2.30. The molecule has 0 amide bonds. The molecule has 1 fully saturated rings. The first-order valence-electron chi connectivity index (χ1n) is 6.62. The molecule has 2 atom stereocenters. The molecule has 3 nitrogen and oxygen atoms in total. The number of nitrogens with zero attached hydrogens (tertiary/aromatic N) is 1. The van der Waals surface area contributed by atoms with Crippen molar-refractivity contribution in [2.45, 2.75) is 38.8 Å². The minimum absolute atomic E-state index is 0.0577. The van der Waals surface area contributed by atoms with Crippen molar-refractivity contribution in [3.05, 3.63) is 29.3 Å². The lowest BCUT2D eigenvalue weighted by Crippen LogP contribution is -2.45. The Morgan fingerprint density at radius 3 is 2.35 bits per heavy atom. The van der Waals surface area contributed by atoms with E-state index in [1.807, 2.05) is 18.7 Å². The molecule has 1 aliphatic heterocycles. The molecule has 0 aliphatic carbocycles. The molecule has 1 aromatic rings. The van der Waals surface area contributed by atoms with Crippen LogP contribution in [0, 0.1) is 0 Å². The second kappa shape index (κ2) is 5.61. The Hall–Kier alpha value is -1.27. The maximum absolute atomic E-state index is 12.8. The van der Waals surface area contributed by atoms with Crippen LogP contribution >= 0.6 is 0 Å². The van der Waals surface area contributed by atoms with Crippen LogP contribution < -0.4 is 10.6 Å². The van der Waals surface area contributed by atoms with Gasteiger partial charge in [0.05, 0.1) is 17.8 Å². The Morgan fingerprint density at radius 1 is 1.25 bits per heavy atom. The largest absolute Gasteiger partial charge is 0.416 e. The molecule has 1 heterocycles. The van der Waals surface area contributed by atoms with E-state index in [2.05, 4.69) is 0 Å². The van der Waals surface area contributed by atoms with Crippen molar-refractivity contribution in [1.29, 1.82) is 0 Å². The second-order valence-electron chi connectivity index (χ2n) is 5.21. The van der Waals surface area contributed by atoms with Gasteiger partial charge in [0, 0.05) is 25.3 Å². The number of anilines is 1. The minimum Gasteiger partial charge on any atom is -0.372 e. The molecule has 20 heavy (non-hydrogen) atoms. The van der Waals surface area contributed by atoms with Crippen LogP contribution in [0.15, 0.2) is 18.2 Å². The first-order chi connectivity index (χ1) is 9.31. The number of hydrogen-bond acceptors (Lipinski definition) is 3. The number of alkyl halides is 3. The summed E-state index contributed by atoms with van der Waals surface area (Å²) in [5.74, 6) is 0. The van der Waals surface area contributed by atoms with E-state index in [1.54, 1.807) is 0 Å². The summed E-state index contributed by atoms with van der Waals surface area (Å²) in [6, 6.07) is 4.16. The van der Waals surface area contributed by atoms with Gasteiger partial charge in [-0.3, -0.25) is 0 Å². The molecule has 112 valence electrons. The predicted molar refractivity (Wildman–Crippen MR) is 71.6 cm³/mol. The number of ether oxygens (including phenoxy) is 1. The van der Waals surface area contributed by atoms with Crippen molar-refractivity contribution < 1.29 is 17.9 Å². The quantitative estimate of drug-likeness (QED) is 0.909. The number of hydrogen-bond donors (Lipinski definition) is 1. The number of nitrogens with two attached hydrogens (primary N) is 1. The van der Waals surface area contributed by atoms with Crippen LogP contribution in [0.4, 0.5) is 18.9 Å². The van der Waals surface area contributed by atoms with Crippen molar-refractivity contribution in [1.82, 2.24) is 0 Å². The van der Waals surface area contributed by atoms with Gasteiger partial charge in [0.15, 0.2) is 0 Å². The number of halogens is 3. The van der Waals surface area contributed by atoms with Gasteiger partial charge < -0.3 is 15.4 Å². The van der Waals surface area contributed by atoms with Crippen molar-refractivity contribution >= 4 is 5.69 Å². The minimum atomic E-state index is -4.36. The maximum Gasteiger partial charge on any atom is 0.416 e. The molecular formula is C14H19F3N2O. The van der Waals surface area contributed by atoms with Gasteiger partial charge in [-0.15, -0.1) is 0 Å². The zero-order valence-electron chi connectivity index (χ0n) is 11.6. The average molecular weight is 288 g/mol. The van der Waals surface area contributed by atoms with Crippen molar-refractivity contribution in [3.8, 4) is 0 Å². The highest BCUT2D eigenvalue weighted by Crippen LogP contribution is 2.34.